The Morgan fingerprint density at radius 3 is 2.52 bits per heavy atom. The molecule has 1 N–H and O–H groups in total. The van der Waals surface area contributed by atoms with Gasteiger partial charge in [0.2, 0.25) is 0 Å². The number of carbonyl (C=O) groups excluding carboxylic acids is 1. The second-order valence-corrected chi connectivity index (χ2v) is 7.34. The molecule has 1 saturated heterocycles. The predicted molar refractivity (Wildman–Crippen MR) is 95.4 cm³/mol. The lowest BCUT2D eigenvalue weighted by Crippen LogP contribution is -2.64. The van der Waals surface area contributed by atoms with Crippen LogP contribution in [0.25, 0.3) is 0 Å². The van der Waals surface area contributed by atoms with Gasteiger partial charge < -0.3 is 15.1 Å². The molecule has 0 bridgehead atoms. The van der Waals surface area contributed by atoms with E-state index in [1.54, 1.807) is 12.4 Å². The molecule has 1 heterocycles. The number of hydrogen-bond donors (Lipinski definition) is 1. The third-order valence-electron chi connectivity index (χ3n) is 4.94. The number of nitrogens with zero attached hydrogens (tertiary/aromatic N) is 3. The lowest BCUT2D eigenvalue weighted by molar-refractivity contribution is 0.0374. The summed E-state index contributed by atoms with van der Waals surface area (Å²) in [6.45, 7) is 2.26. The highest BCUT2D eigenvalue weighted by Crippen LogP contribution is 2.48. The van der Waals surface area contributed by atoms with E-state index in [-0.39, 0.29) is 0 Å². The van der Waals surface area contributed by atoms with E-state index in [2.05, 4.69) is 22.3 Å². The molecule has 3 rings (SSSR count). The second-order valence-electron chi connectivity index (χ2n) is 6.93. The fourth-order valence-electron chi connectivity index (χ4n) is 3.46. The Balaban J connectivity index is 1.89. The maximum absolute atomic E-state index is 11.5. The molecule has 1 aromatic carbocycles. The van der Waals surface area contributed by atoms with E-state index >= 15 is 0 Å². The van der Waals surface area contributed by atoms with Crippen molar-refractivity contribution in [2.75, 3.05) is 39.1 Å². The summed E-state index contributed by atoms with van der Waals surface area (Å²) in [6.07, 6.45) is 4.87. The first kappa shape index (κ1) is 16.3. The predicted octanol–water partition coefficient (Wildman–Crippen LogP) is 2.56. The SMILES string of the molecule is CN(C)C=Nc1c(N(C)C2CC3(CNC3)C2)ccc(Cl)c1C=O. The van der Waals surface area contributed by atoms with Gasteiger partial charge in [-0.1, -0.05) is 11.6 Å². The highest BCUT2D eigenvalue weighted by atomic mass is 35.5. The zero-order chi connectivity index (χ0) is 16.6. The first-order valence-corrected chi connectivity index (χ1v) is 8.25. The first-order valence-electron chi connectivity index (χ1n) is 7.88. The van der Waals surface area contributed by atoms with Gasteiger partial charge in [-0.2, -0.15) is 0 Å². The van der Waals surface area contributed by atoms with Crippen LogP contribution in [0.15, 0.2) is 17.1 Å². The first-order chi connectivity index (χ1) is 11.0. The van der Waals surface area contributed by atoms with Crippen molar-refractivity contribution in [1.82, 2.24) is 10.2 Å². The van der Waals surface area contributed by atoms with Gasteiger partial charge in [-0.25, -0.2) is 4.99 Å². The van der Waals surface area contributed by atoms with Crippen LogP contribution in [-0.2, 0) is 0 Å². The van der Waals surface area contributed by atoms with Crippen molar-refractivity contribution in [3.63, 3.8) is 0 Å². The fourth-order valence-corrected chi connectivity index (χ4v) is 3.65. The Labute approximate surface area is 142 Å². The fraction of sp³-hybridized carbons (Fsp3) is 0.529. The van der Waals surface area contributed by atoms with Gasteiger partial charge in [-0.3, -0.25) is 4.79 Å². The molecule has 124 valence electrons. The van der Waals surface area contributed by atoms with Gasteiger partial charge in [0.15, 0.2) is 6.29 Å². The maximum Gasteiger partial charge on any atom is 0.153 e. The van der Waals surface area contributed by atoms with E-state index in [9.17, 15) is 4.79 Å². The average Bonchev–Trinajstić information content (AvgIpc) is 2.41. The van der Waals surface area contributed by atoms with Crippen LogP contribution in [0.4, 0.5) is 11.4 Å². The summed E-state index contributed by atoms with van der Waals surface area (Å²) in [4.78, 5) is 20.1. The molecule has 0 amide bonds. The Morgan fingerprint density at radius 2 is 2.00 bits per heavy atom. The summed E-state index contributed by atoms with van der Waals surface area (Å²) >= 11 is 6.18. The van der Waals surface area contributed by atoms with Crippen LogP contribution >= 0.6 is 11.6 Å². The zero-order valence-electron chi connectivity index (χ0n) is 13.8. The average molecular weight is 335 g/mol. The van der Waals surface area contributed by atoms with Crippen LogP contribution in [-0.4, -0.2) is 57.8 Å². The number of anilines is 1. The Bertz CT molecular complexity index is 632. The maximum atomic E-state index is 11.5. The van der Waals surface area contributed by atoms with Gasteiger partial charge in [0, 0.05) is 40.3 Å². The highest BCUT2D eigenvalue weighted by Gasteiger charge is 2.49. The largest absolute Gasteiger partial charge is 0.370 e. The van der Waals surface area contributed by atoms with Crippen LogP contribution < -0.4 is 10.2 Å². The Morgan fingerprint density at radius 1 is 1.30 bits per heavy atom. The molecule has 0 aromatic heterocycles. The number of rotatable bonds is 5. The van der Waals surface area contributed by atoms with E-state index in [1.165, 1.54) is 12.8 Å². The summed E-state index contributed by atoms with van der Waals surface area (Å²) in [5.41, 5.74) is 2.57. The molecule has 2 aliphatic rings. The van der Waals surface area contributed by atoms with Crippen LogP contribution in [0.1, 0.15) is 23.2 Å². The minimum atomic E-state index is 0.441. The number of halogens is 1. The molecule has 1 aliphatic carbocycles. The molecule has 1 saturated carbocycles. The van der Waals surface area contributed by atoms with Crippen molar-refractivity contribution in [2.24, 2.45) is 10.4 Å². The minimum Gasteiger partial charge on any atom is -0.370 e. The second kappa shape index (κ2) is 6.13. The molecule has 1 aromatic rings. The number of hydrogen-bond acceptors (Lipinski definition) is 4. The van der Waals surface area contributed by atoms with Crippen molar-refractivity contribution in [2.45, 2.75) is 18.9 Å². The summed E-state index contributed by atoms with van der Waals surface area (Å²) in [7, 11) is 5.88. The molecule has 1 aliphatic heterocycles. The molecular formula is C17H23ClN4O. The number of carbonyl (C=O) groups is 1. The highest BCUT2D eigenvalue weighted by molar-refractivity contribution is 6.33. The van der Waals surface area contributed by atoms with Crippen LogP contribution in [0.5, 0.6) is 0 Å². The quantitative estimate of drug-likeness (QED) is 0.511. The minimum absolute atomic E-state index is 0.441. The lowest BCUT2D eigenvalue weighted by Gasteiger charge is -2.57. The Kier molecular flexibility index (Phi) is 4.34. The van der Waals surface area contributed by atoms with Crippen molar-refractivity contribution in [1.29, 1.82) is 0 Å². The number of aliphatic imine (C=N–C) groups is 1. The van der Waals surface area contributed by atoms with Gasteiger partial charge in [-0.05, 0) is 30.4 Å². The standard InChI is InChI=1S/C17H23ClN4O/c1-21(2)11-20-16-13(8-23)14(18)4-5-15(16)22(3)12-6-17(7-12)9-19-10-17/h4-5,8,11-12,19H,6-7,9-10H2,1-3H3. The summed E-state index contributed by atoms with van der Waals surface area (Å²) < 4.78 is 0. The van der Waals surface area contributed by atoms with Gasteiger partial charge >= 0.3 is 0 Å². The summed E-state index contributed by atoms with van der Waals surface area (Å²) in [5.74, 6) is 0. The monoisotopic (exact) mass is 334 g/mol. The van der Waals surface area contributed by atoms with Gasteiger partial charge in [0.1, 0.15) is 5.69 Å². The van der Waals surface area contributed by atoms with Crippen LogP contribution in [0.2, 0.25) is 5.02 Å². The van der Waals surface area contributed by atoms with Crippen molar-refractivity contribution in [3.05, 3.63) is 22.7 Å². The van der Waals surface area contributed by atoms with Gasteiger partial charge in [0.25, 0.3) is 0 Å². The summed E-state index contributed by atoms with van der Waals surface area (Å²) in [5, 5.41) is 3.80. The third kappa shape index (κ3) is 2.95. The smallest absolute Gasteiger partial charge is 0.153 e. The summed E-state index contributed by atoms with van der Waals surface area (Å²) in [6, 6.07) is 4.23. The third-order valence-corrected chi connectivity index (χ3v) is 5.27. The van der Waals surface area contributed by atoms with Crippen molar-refractivity contribution >= 4 is 35.6 Å². The number of aldehydes is 1. The molecule has 1 spiro atoms. The van der Waals surface area contributed by atoms with E-state index < -0.39 is 0 Å². The van der Waals surface area contributed by atoms with E-state index in [1.807, 2.05) is 25.1 Å². The molecule has 2 fully saturated rings. The van der Waals surface area contributed by atoms with Crippen LogP contribution in [0.3, 0.4) is 0 Å². The van der Waals surface area contributed by atoms with Crippen molar-refractivity contribution < 1.29 is 4.79 Å². The molecule has 6 heteroatoms. The number of benzene rings is 1. The Hall–Kier alpha value is -1.59. The van der Waals surface area contributed by atoms with E-state index in [0.29, 0.717) is 27.7 Å². The van der Waals surface area contributed by atoms with Crippen molar-refractivity contribution in [3.8, 4) is 0 Å². The normalized spacial score (nSPS) is 19.5. The van der Waals surface area contributed by atoms with Gasteiger partial charge in [-0.15, -0.1) is 0 Å². The molecule has 5 nitrogen and oxygen atoms in total. The number of nitrogens with one attached hydrogen (secondary N) is 1. The molecule has 0 unspecified atom stereocenters. The van der Waals surface area contributed by atoms with E-state index in [0.717, 1.165) is 25.1 Å². The lowest BCUT2D eigenvalue weighted by atomic mass is 9.61. The topological polar surface area (TPSA) is 47.9 Å². The van der Waals surface area contributed by atoms with Crippen LogP contribution in [0, 0.1) is 5.41 Å². The molecular weight excluding hydrogens is 312 g/mol. The van der Waals surface area contributed by atoms with Gasteiger partial charge in [0.05, 0.1) is 22.6 Å². The molecule has 0 atom stereocenters. The molecule has 0 radical (unpaired) electrons. The molecule has 23 heavy (non-hydrogen) atoms. The zero-order valence-corrected chi connectivity index (χ0v) is 14.6. The van der Waals surface area contributed by atoms with E-state index in [4.69, 9.17) is 11.6 Å².